The number of carbonyl (C=O) groups excluding carboxylic acids is 3. The van der Waals surface area contributed by atoms with Crippen LogP contribution in [0.5, 0.6) is 11.5 Å². The normalized spacial score (nSPS) is 15.4. The average molecular weight is 538 g/mol. The molecule has 1 aromatic heterocycles. The Labute approximate surface area is 225 Å². The number of rotatable bonds is 11. The van der Waals surface area contributed by atoms with Crippen molar-refractivity contribution < 1.29 is 28.6 Å². The topological polar surface area (TPSA) is 106 Å². The summed E-state index contributed by atoms with van der Waals surface area (Å²) >= 11 is 1.28. The van der Waals surface area contributed by atoms with E-state index in [-0.39, 0.29) is 24.5 Å². The number of nitrogens with zero attached hydrogens (tertiary/aromatic N) is 1. The van der Waals surface area contributed by atoms with Crippen molar-refractivity contribution in [2.45, 2.75) is 25.0 Å². The lowest BCUT2D eigenvalue weighted by atomic mass is 10.0. The van der Waals surface area contributed by atoms with Gasteiger partial charge in [0.15, 0.2) is 11.5 Å². The zero-order chi connectivity index (χ0) is 26.9. The summed E-state index contributed by atoms with van der Waals surface area (Å²) in [5.74, 6) is -0.312. The number of nitrogens with one attached hydrogen (secondary N) is 2. The third-order valence-electron chi connectivity index (χ3n) is 6.21. The Balaban J connectivity index is 1.69. The van der Waals surface area contributed by atoms with Crippen LogP contribution in [0.15, 0.2) is 66.0 Å². The molecule has 2 N–H and O–H groups in total. The molecule has 38 heavy (non-hydrogen) atoms. The van der Waals surface area contributed by atoms with Gasteiger partial charge in [0, 0.05) is 24.9 Å². The molecule has 4 rings (SSSR count). The fourth-order valence-electron chi connectivity index (χ4n) is 4.32. The average Bonchev–Trinajstić information content (AvgIpc) is 3.68. The highest BCUT2D eigenvalue weighted by Crippen LogP contribution is 2.35. The van der Waals surface area contributed by atoms with Crippen molar-refractivity contribution in [3.05, 3.63) is 76.5 Å². The first-order chi connectivity index (χ1) is 18.5. The maximum absolute atomic E-state index is 13.8. The van der Waals surface area contributed by atoms with Gasteiger partial charge >= 0.3 is 0 Å². The van der Waals surface area contributed by atoms with Gasteiger partial charge in [-0.15, -0.1) is 11.3 Å². The highest BCUT2D eigenvalue weighted by atomic mass is 32.1. The predicted octanol–water partition coefficient (Wildman–Crippen LogP) is 3.56. The van der Waals surface area contributed by atoms with Crippen molar-refractivity contribution in [3.8, 4) is 11.5 Å². The second-order valence-electron chi connectivity index (χ2n) is 8.66. The number of ether oxygens (including phenoxy) is 3. The molecule has 3 aromatic rings. The Morgan fingerprint density at radius 1 is 1.03 bits per heavy atom. The van der Waals surface area contributed by atoms with Gasteiger partial charge in [0.05, 0.1) is 31.7 Å². The van der Waals surface area contributed by atoms with E-state index >= 15 is 0 Å². The van der Waals surface area contributed by atoms with Crippen LogP contribution in [0.2, 0.25) is 0 Å². The quantitative estimate of drug-likeness (QED) is 0.388. The Bertz CT molecular complexity index is 1230. The third-order valence-corrected chi connectivity index (χ3v) is 7.08. The van der Waals surface area contributed by atoms with E-state index in [9.17, 15) is 14.4 Å². The van der Waals surface area contributed by atoms with Gasteiger partial charge in [-0.1, -0.05) is 36.4 Å². The first kappa shape index (κ1) is 27.2. The van der Waals surface area contributed by atoms with E-state index in [1.807, 2.05) is 18.2 Å². The van der Waals surface area contributed by atoms with E-state index in [2.05, 4.69) is 10.6 Å². The van der Waals surface area contributed by atoms with Crippen molar-refractivity contribution >= 4 is 34.7 Å². The zero-order valence-corrected chi connectivity index (χ0v) is 22.2. The lowest BCUT2D eigenvalue weighted by Crippen LogP contribution is -2.48. The highest BCUT2D eigenvalue weighted by Gasteiger charge is 2.34. The Kier molecular flexibility index (Phi) is 9.34. The van der Waals surface area contributed by atoms with E-state index in [1.165, 1.54) is 30.5 Å². The first-order valence-corrected chi connectivity index (χ1v) is 13.2. The van der Waals surface area contributed by atoms with Crippen LogP contribution in [-0.4, -0.2) is 57.7 Å². The molecular formula is C28H31N3O6S. The van der Waals surface area contributed by atoms with Gasteiger partial charge in [0.25, 0.3) is 5.91 Å². The largest absolute Gasteiger partial charge is 0.493 e. The molecule has 3 amide bonds. The van der Waals surface area contributed by atoms with Crippen LogP contribution in [0.25, 0.3) is 0 Å². The van der Waals surface area contributed by atoms with Gasteiger partial charge < -0.3 is 24.8 Å². The summed E-state index contributed by atoms with van der Waals surface area (Å²) in [7, 11) is 3.02. The molecule has 9 nitrogen and oxygen atoms in total. The maximum atomic E-state index is 13.8. The Hall–Kier alpha value is -3.89. The molecular weight excluding hydrogens is 506 g/mol. The van der Waals surface area contributed by atoms with E-state index in [0.29, 0.717) is 40.8 Å². The molecule has 0 bridgehead atoms. The van der Waals surface area contributed by atoms with Gasteiger partial charge in [-0.05, 0) is 42.0 Å². The predicted molar refractivity (Wildman–Crippen MR) is 145 cm³/mol. The molecule has 200 valence electrons. The summed E-state index contributed by atoms with van der Waals surface area (Å²) in [5, 5.41) is 7.44. The molecule has 1 aliphatic rings. The van der Waals surface area contributed by atoms with Crippen LogP contribution >= 0.6 is 11.3 Å². The summed E-state index contributed by atoms with van der Waals surface area (Å²) in [4.78, 5) is 42.0. The molecule has 0 unspecified atom stereocenters. The van der Waals surface area contributed by atoms with Gasteiger partial charge in [-0.3, -0.25) is 19.3 Å². The lowest BCUT2D eigenvalue weighted by Gasteiger charge is -2.32. The van der Waals surface area contributed by atoms with Crippen LogP contribution in [0.3, 0.4) is 0 Å². The molecule has 1 saturated heterocycles. The third kappa shape index (κ3) is 6.51. The van der Waals surface area contributed by atoms with Crippen LogP contribution in [0, 0.1) is 0 Å². The van der Waals surface area contributed by atoms with Crippen molar-refractivity contribution in [1.82, 2.24) is 10.6 Å². The van der Waals surface area contributed by atoms with E-state index in [0.717, 1.165) is 12.8 Å². The second-order valence-corrected chi connectivity index (χ2v) is 9.60. The standard InChI is InChI=1S/C28H31N3O6S/c1-35-22-13-12-20(16-23(22)36-2)31(25(32)18-30-27(33)24-11-7-15-38-24)26(19-8-4-3-5-9-19)28(34)29-17-21-10-6-14-37-21/h3-5,7-9,11-13,15-16,21,26H,6,10,14,17-18H2,1-2H3,(H,29,34)(H,30,33)/t21-,26-/m1/s1. The molecule has 0 aliphatic carbocycles. The van der Waals surface area contributed by atoms with Gasteiger partial charge in [-0.25, -0.2) is 0 Å². The van der Waals surface area contributed by atoms with Crippen LogP contribution in [0.4, 0.5) is 5.69 Å². The molecule has 1 aliphatic heterocycles. The number of anilines is 1. The molecule has 1 fully saturated rings. The number of thiophene rings is 1. The minimum atomic E-state index is -1.01. The first-order valence-electron chi connectivity index (χ1n) is 12.3. The molecule has 2 aromatic carbocycles. The molecule has 0 saturated carbocycles. The molecule has 10 heteroatoms. The molecule has 2 atom stereocenters. The summed E-state index contributed by atoms with van der Waals surface area (Å²) in [6.07, 6.45) is 1.75. The fraction of sp³-hybridized carbons (Fsp3) is 0.321. The van der Waals surface area contributed by atoms with Crippen LogP contribution < -0.4 is 25.0 Å². The van der Waals surface area contributed by atoms with Crippen molar-refractivity contribution in [2.75, 3.05) is 38.8 Å². The summed E-state index contributed by atoms with van der Waals surface area (Å²) < 4.78 is 16.5. The molecule has 0 radical (unpaired) electrons. The Morgan fingerprint density at radius 2 is 1.82 bits per heavy atom. The SMILES string of the molecule is COc1ccc(N(C(=O)CNC(=O)c2cccs2)[C@@H](C(=O)NC[C@H]2CCCO2)c2ccccc2)cc1OC. The smallest absolute Gasteiger partial charge is 0.261 e. The second kappa shape index (κ2) is 13.1. The number of hydrogen-bond donors (Lipinski definition) is 2. The van der Waals surface area contributed by atoms with Gasteiger partial charge in [-0.2, -0.15) is 0 Å². The number of carbonyl (C=O) groups is 3. The number of methoxy groups -OCH3 is 2. The monoisotopic (exact) mass is 537 g/mol. The van der Waals surface area contributed by atoms with E-state index < -0.39 is 11.9 Å². The minimum Gasteiger partial charge on any atom is -0.493 e. The Morgan fingerprint density at radius 3 is 2.47 bits per heavy atom. The highest BCUT2D eigenvalue weighted by molar-refractivity contribution is 7.12. The van der Waals surface area contributed by atoms with Crippen molar-refractivity contribution in [2.24, 2.45) is 0 Å². The summed E-state index contributed by atoms with van der Waals surface area (Å²) in [6, 6.07) is 16.5. The number of hydrogen-bond acceptors (Lipinski definition) is 7. The van der Waals surface area contributed by atoms with Crippen LogP contribution in [-0.2, 0) is 14.3 Å². The van der Waals surface area contributed by atoms with Crippen molar-refractivity contribution in [3.63, 3.8) is 0 Å². The minimum absolute atomic E-state index is 0.0642. The lowest BCUT2D eigenvalue weighted by molar-refractivity contribution is -0.126. The van der Waals surface area contributed by atoms with Crippen molar-refractivity contribution in [1.29, 1.82) is 0 Å². The summed E-state index contributed by atoms with van der Waals surface area (Å²) in [5.41, 5.74) is 1.03. The summed E-state index contributed by atoms with van der Waals surface area (Å²) in [6.45, 7) is 0.696. The number of benzene rings is 2. The maximum Gasteiger partial charge on any atom is 0.261 e. The molecule has 0 spiro atoms. The van der Waals surface area contributed by atoms with E-state index in [1.54, 1.807) is 47.8 Å². The van der Waals surface area contributed by atoms with Crippen LogP contribution in [0.1, 0.15) is 34.1 Å². The van der Waals surface area contributed by atoms with E-state index in [4.69, 9.17) is 14.2 Å². The van der Waals surface area contributed by atoms with Gasteiger partial charge in [0.2, 0.25) is 11.8 Å². The number of amides is 3. The van der Waals surface area contributed by atoms with Gasteiger partial charge in [0.1, 0.15) is 6.04 Å². The fourth-order valence-corrected chi connectivity index (χ4v) is 4.96. The molecule has 2 heterocycles. The zero-order valence-electron chi connectivity index (χ0n) is 21.3.